The maximum absolute atomic E-state index is 9.19. The molecule has 0 fully saturated rings. The number of thioether (sulfide) groups is 1. The van der Waals surface area contributed by atoms with Crippen LogP contribution in [0, 0.1) is 18.8 Å². The molecular weight excluding hydrogens is 334 g/mol. The van der Waals surface area contributed by atoms with Crippen LogP contribution in [0.4, 0.5) is 0 Å². The van der Waals surface area contributed by atoms with Gasteiger partial charge < -0.3 is 10.8 Å². The lowest BCUT2D eigenvalue weighted by Gasteiger charge is -2.20. The van der Waals surface area contributed by atoms with Crippen LogP contribution in [0.5, 0.6) is 0 Å². The van der Waals surface area contributed by atoms with Gasteiger partial charge in [0.25, 0.3) is 0 Å². The first-order valence-corrected chi connectivity index (χ1v) is 9.95. The fraction of sp³-hybridized carbons (Fsp3) is 0.400. The first kappa shape index (κ1) is 19.1. The van der Waals surface area contributed by atoms with Gasteiger partial charge >= 0.3 is 0 Å². The van der Waals surface area contributed by atoms with Crippen LogP contribution < -0.4 is 5.73 Å². The fourth-order valence-electron chi connectivity index (χ4n) is 2.07. The van der Waals surface area contributed by atoms with Crippen molar-refractivity contribution in [1.82, 2.24) is 0 Å². The fourth-order valence-corrected chi connectivity index (χ4v) is 3.72. The molecule has 3 N–H and O–H groups in total. The van der Waals surface area contributed by atoms with Crippen molar-refractivity contribution in [2.45, 2.75) is 43.5 Å². The molecule has 2 aromatic rings. The van der Waals surface area contributed by atoms with Crippen molar-refractivity contribution in [1.29, 1.82) is 0 Å². The Morgan fingerprint density at radius 3 is 2.67 bits per heavy atom. The zero-order chi connectivity index (χ0) is 17.4. The van der Waals surface area contributed by atoms with Crippen molar-refractivity contribution in [2.75, 3.05) is 12.4 Å². The maximum atomic E-state index is 9.19. The van der Waals surface area contributed by atoms with E-state index in [1.165, 1.54) is 15.3 Å². The molecule has 0 saturated heterocycles. The summed E-state index contributed by atoms with van der Waals surface area (Å²) in [6.45, 7) is 4.00. The van der Waals surface area contributed by atoms with E-state index in [-0.39, 0.29) is 6.61 Å². The minimum absolute atomic E-state index is 0.0175. The number of thiophene rings is 1. The van der Waals surface area contributed by atoms with Gasteiger partial charge in [0.15, 0.2) is 0 Å². The second kappa shape index (κ2) is 9.29. The number of hydrogen-bond acceptors (Lipinski definition) is 4. The van der Waals surface area contributed by atoms with Gasteiger partial charge in [-0.05, 0) is 51.0 Å². The summed E-state index contributed by atoms with van der Waals surface area (Å²) in [5.74, 6) is 7.51. The predicted molar refractivity (Wildman–Crippen MR) is 106 cm³/mol. The minimum atomic E-state index is -0.497. The highest BCUT2D eigenvalue weighted by Gasteiger charge is 2.16. The van der Waals surface area contributed by atoms with Crippen LogP contribution in [-0.2, 0) is 6.42 Å². The molecule has 2 rings (SSSR count). The number of benzene rings is 1. The van der Waals surface area contributed by atoms with Crippen LogP contribution >= 0.6 is 23.1 Å². The Labute approximate surface area is 153 Å². The highest BCUT2D eigenvalue weighted by molar-refractivity contribution is 7.99. The average Bonchev–Trinajstić information content (AvgIpc) is 3.02. The highest BCUT2D eigenvalue weighted by atomic mass is 32.2. The summed E-state index contributed by atoms with van der Waals surface area (Å²) in [7, 11) is 0. The summed E-state index contributed by atoms with van der Waals surface area (Å²) in [4.78, 5) is 3.68. The molecule has 1 unspecified atom stereocenters. The summed E-state index contributed by atoms with van der Waals surface area (Å²) in [5.41, 5.74) is 6.76. The van der Waals surface area contributed by atoms with Crippen molar-refractivity contribution in [3.05, 3.63) is 51.7 Å². The normalized spacial score (nSPS) is 13.2. The zero-order valence-corrected chi connectivity index (χ0v) is 16.0. The van der Waals surface area contributed by atoms with Crippen LogP contribution in [0.2, 0.25) is 0 Å². The summed E-state index contributed by atoms with van der Waals surface area (Å²) in [5, 5.41) is 9.19. The molecule has 2 nitrogen and oxygen atoms in total. The number of rotatable bonds is 7. The summed E-state index contributed by atoms with van der Waals surface area (Å²) in [6.07, 6.45) is 2.56. The topological polar surface area (TPSA) is 46.2 Å². The largest absolute Gasteiger partial charge is 0.394 e. The average molecular weight is 360 g/mol. The SMILES string of the molecule is Cc1ccc(SCCC#Cc2ccc(CCC(C)(N)CO)s2)cc1. The molecule has 0 amide bonds. The molecule has 0 aliphatic rings. The Kier molecular flexibility index (Phi) is 7.39. The Morgan fingerprint density at radius 2 is 1.96 bits per heavy atom. The maximum Gasteiger partial charge on any atom is 0.0771 e. The molecule has 0 bridgehead atoms. The number of hydrogen-bond donors (Lipinski definition) is 2. The lowest BCUT2D eigenvalue weighted by Crippen LogP contribution is -2.40. The monoisotopic (exact) mass is 359 g/mol. The molecule has 1 aromatic carbocycles. The first-order chi connectivity index (χ1) is 11.5. The highest BCUT2D eigenvalue weighted by Crippen LogP contribution is 2.21. The molecule has 0 saturated carbocycles. The second-order valence-electron chi connectivity index (χ2n) is 6.29. The Bertz CT molecular complexity index is 692. The third-order valence-electron chi connectivity index (χ3n) is 3.69. The van der Waals surface area contributed by atoms with Gasteiger partial charge in [-0.3, -0.25) is 0 Å². The van der Waals surface area contributed by atoms with Gasteiger partial charge in [-0.1, -0.05) is 29.5 Å². The van der Waals surface area contributed by atoms with Crippen molar-refractivity contribution in [3.63, 3.8) is 0 Å². The van der Waals surface area contributed by atoms with Crippen LogP contribution in [0.3, 0.4) is 0 Å². The van der Waals surface area contributed by atoms with Crippen molar-refractivity contribution < 1.29 is 5.11 Å². The summed E-state index contributed by atoms with van der Waals surface area (Å²) >= 11 is 3.57. The molecule has 0 spiro atoms. The van der Waals surface area contributed by atoms with Crippen LogP contribution in [0.1, 0.15) is 35.1 Å². The van der Waals surface area contributed by atoms with Gasteiger partial charge in [0.05, 0.1) is 11.5 Å². The van der Waals surface area contributed by atoms with E-state index in [0.29, 0.717) is 0 Å². The lowest BCUT2D eigenvalue weighted by molar-refractivity contribution is 0.201. The predicted octanol–water partition coefficient (Wildman–Crippen LogP) is 4.23. The third kappa shape index (κ3) is 6.70. The first-order valence-electron chi connectivity index (χ1n) is 8.15. The van der Waals surface area contributed by atoms with Crippen molar-refractivity contribution in [2.24, 2.45) is 5.73 Å². The van der Waals surface area contributed by atoms with Crippen LogP contribution in [0.25, 0.3) is 0 Å². The quantitative estimate of drug-likeness (QED) is 0.442. The number of aryl methyl sites for hydroxylation is 2. The molecule has 0 aliphatic carbocycles. The van der Waals surface area contributed by atoms with E-state index in [2.05, 4.69) is 55.2 Å². The van der Waals surface area contributed by atoms with E-state index in [0.717, 1.165) is 29.9 Å². The van der Waals surface area contributed by atoms with Gasteiger partial charge in [-0.2, -0.15) is 0 Å². The molecule has 4 heteroatoms. The molecule has 1 atom stereocenters. The molecule has 128 valence electrons. The molecule has 0 radical (unpaired) electrons. The van der Waals surface area contributed by atoms with Crippen molar-refractivity contribution in [3.8, 4) is 11.8 Å². The van der Waals surface area contributed by atoms with Crippen LogP contribution in [0.15, 0.2) is 41.3 Å². The van der Waals surface area contributed by atoms with Crippen LogP contribution in [-0.4, -0.2) is 23.0 Å². The summed E-state index contributed by atoms with van der Waals surface area (Å²) in [6, 6.07) is 12.8. The van der Waals surface area contributed by atoms with Gasteiger partial charge in [0, 0.05) is 27.5 Å². The molecule has 0 aliphatic heterocycles. The van der Waals surface area contributed by atoms with E-state index in [1.807, 2.05) is 18.7 Å². The minimum Gasteiger partial charge on any atom is -0.394 e. The lowest BCUT2D eigenvalue weighted by atomic mass is 9.98. The third-order valence-corrected chi connectivity index (χ3v) is 5.77. The van der Waals surface area contributed by atoms with E-state index in [9.17, 15) is 5.11 Å². The van der Waals surface area contributed by atoms with Gasteiger partial charge in [0.1, 0.15) is 0 Å². The van der Waals surface area contributed by atoms with Gasteiger partial charge in [0.2, 0.25) is 0 Å². The van der Waals surface area contributed by atoms with Crippen molar-refractivity contribution >= 4 is 23.1 Å². The number of aliphatic hydroxyl groups is 1. The zero-order valence-electron chi connectivity index (χ0n) is 14.3. The molecule has 1 aromatic heterocycles. The van der Waals surface area contributed by atoms with Gasteiger partial charge in [-0.15, -0.1) is 23.1 Å². The number of aliphatic hydroxyl groups excluding tert-OH is 1. The Morgan fingerprint density at radius 1 is 1.21 bits per heavy atom. The van der Waals surface area contributed by atoms with E-state index >= 15 is 0 Å². The smallest absolute Gasteiger partial charge is 0.0771 e. The standard InChI is InChI=1S/C20H25NOS2/c1-16-6-8-17(9-7-16)23-14-4-3-5-18-10-11-19(24-18)12-13-20(2,21)15-22/h6-11,22H,4,12-15,21H2,1-2H3. The van der Waals surface area contributed by atoms with Gasteiger partial charge in [-0.25, -0.2) is 0 Å². The number of nitrogens with two attached hydrogens (primary N) is 1. The van der Waals surface area contributed by atoms with E-state index in [1.54, 1.807) is 11.3 Å². The molecular formula is C20H25NOS2. The summed E-state index contributed by atoms with van der Waals surface area (Å²) < 4.78 is 0. The Balaban J connectivity index is 1.74. The Hall–Kier alpha value is -1.25. The van der Waals surface area contributed by atoms with E-state index < -0.39 is 5.54 Å². The van der Waals surface area contributed by atoms with E-state index in [4.69, 9.17) is 5.73 Å². The molecule has 1 heterocycles. The second-order valence-corrected chi connectivity index (χ2v) is 8.63. The molecule has 24 heavy (non-hydrogen) atoms.